The van der Waals surface area contributed by atoms with Crippen molar-refractivity contribution in [2.75, 3.05) is 6.54 Å². The lowest BCUT2D eigenvalue weighted by Gasteiger charge is -2.25. The number of amides is 1. The monoisotopic (exact) mass is 496 g/mol. The minimum Gasteiger partial charge on any atom is -0.505 e. The van der Waals surface area contributed by atoms with Gasteiger partial charge in [-0.15, -0.1) is 0 Å². The van der Waals surface area contributed by atoms with E-state index >= 15 is 0 Å². The molecule has 0 bridgehead atoms. The molecule has 1 atom stereocenters. The van der Waals surface area contributed by atoms with Crippen molar-refractivity contribution in [3.8, 4) is 0 Å². The molecule has 1 amide bonds. The number of carbonyl (C=O) groups excluding carboxylic acids is 2. The lowest BCUT2D eigenvalue weighted by molar-refractivity contribution is -0.384. The molecule has 9 nitrogen and oxygen atoms in total. The number of rotatable bonds is 6. The molecule has 0 radical (unpaired) electrons. The molecular weight excluding hydrogens is 472 g/mol. The highest BCUT2D eigenvalue weighted by Crippen LogP contribution is 2.40. The fraction of sp³-hybridized carbons (Fsp3) is 0.179. The summed E-state index contributed by atoms with van der Waals surface area (Å²) in [6.45, 7) is 3.83. The molecule has 1 unspecified atom stereocenters. The Morgan fingerprint density at radius 3 is 2.51 bits per heavy atom. The molecule has 1 fully saturated rings. The van der Waals surface area contributed by atoms with E-state index in [9.17, 15) is 24.8 Å². The van der Waals surface area contributed by atoms with E-state index in [0.29, 0.717) is 23.3 Å². The van der Waals surface area contributed by atoms with Gasteiger partial charge in [0.2, 0.25) is 0 Å². The van der Waals surface area contributed by atoms with E-state index in [0.717, 1.165) is 11.1 Å². The number of aromatic nitrogens is 2. The van der Waals surface area contributed by atoms with Gasteiger partial charge < -0.3 is 14.4 Å². The molecule has 0 saturated carbocycles. The first-order valence-corrected chi connectivity index (χ1v) is 11.8. The molecule has 186 valence electrons. The zero-order valence-electron chi connectivity index (χ0n) is 20.3. The molecule has 1 N–H and O–H groups in total. The second-order valence-corrected chi connectivity index (χ2v) is 9.01. The highest BCUT2D eigenvalue weighted by atomic mass is 16.6. The first-order chi connectivity index (χ1) is 17.8. The number of pyridine rings is 1. The van der Waals surface area contributed by atoms with Gasteiger partial charge >= 0.3 is 0 Å². The molecule has 1 aliphatic rings. The number of hydrogen-bond acceptors (Lipinski definition) is 6. The fourth-order valence-electron chi connectivity index (χ4n) is 4.83. The fourth-order valence-corrected chi connectivity index (χ4v) is 4.83. The van der Waals surface area contributed by atoms with Gasteiger partial charge in [-0.3, -0.25) is 19.7 Å². The molecule has 2 aromatic heterocycles. The van der Waals surface area contributed by atoms with Gasteiger partial charge in [-0.25, -0.2) is 4.98 Å². The van der Waals surface area contributed by atoms with E-state index in [1.807, 2.05) is 49.4 Å². The summed E-state index contributed by atoms with van der Waals surface area (Å²) in [6.07, 6.45) is 2.27. The number of aliphatic hydroxyl groups excluding tert-OH is 1. The van der Waals surface area contributed by atoms with Gasteiger partial charge in [0.15, 0.2) is 5.76 Å². The van der Waals surface area contributed by atoms with Crippen LogP contribution in [-0.2, 0) is 16.0 Å². The number of aliphatic hydroxyl groups is 1. The van der Waals surface area contributed by atoms with Crippen LogP contribution in [0.3, 0.4) is 0 Å². The summed E-state index contributed by atoms with van der Waals surface area (Å²) in [4.78, 5) is 43.5. The summed E-state index contributed by atoms with van der Waals surface area (Å²) in [5.41, 5.74) is 3.30. The predicted molar refractivity (Wildman–Crippen MR) is 137 cm³/mol. The molecule has 0 spiro atoms. The van der Waals surface area contributed by atoms with Crippen LogP contribution in [0.4, 0.5) is 5.69 Å². The van der Waals surface area contributed by atoms with Crippen LogP contribution in [-0.4, -0.2) is 42.5 Å². The lowest BCUT2D eigenvalue weighted by Crippen LogP contribution is -2.31. The minimum absolute atomic E-state index is 0.136. The van der Waals surface area contributed by atoms with Crippen LogP contribution in [0.25, 0.3) is 11.4 Å². The first-order valence-electron chi connectivity index (χ1n) is 11.8. The van der Waals surface area contributed by atoms with Crippen molar-refractivity contribution in [3.05, 3.63) is 117 Å². The van der Waals surface area contributed by atoms with Crippen LogP contribution < -0.4 is 0 Å². The number of imidazole rings is 1. The molecule has 1 aliphatic heterocycles. The molecule has 3 heterocycles. The smallest absolute Gasteiger partial charge is 0.295 e. The third-order valence-electron chi connectivity index (χ3n) is 6.73. The predicted octanol–water partition coefficient (Wildman–Crippen LogP) is 4.52. The Balaban J connectivity index is 1.67. The van der Waals surface area contributed by atoms with Crippen molar-refractivity contribution < 1.29 is 19.6 Å². The molecule has 37 heavy (non-hydrogen) atoms. The van der Waals surface area contributed by atoms with Crippen molar-refractivity contribution in [2.24, 2.45) is 0 Å². The van der Waals surface area contributed by atoms with E-state index in [-0.39, 0.29) is 23.5 Å². The Bertz CT molecular complexity index is 1590. The second-order valence-electron chi connectivity index (χ2n) is 9.01. The maximum atomic E-state index is 13.4. The van der Waals surface area contributed by atoms with Gasteiger partial charge in [0, 0.05) is 24.9 Å². The van der Waals surface area contributed by atoms with E-state index in [2.05, 4.69) is 4.98 Å². The zero-order valence-corrected chi connectivity index (χ0v) is 20.3. The number of Topliss-reactive ketones (excluding diaryl/α,β-unsaturated/α-hetero) is 1. The van der Waals surface area contributed by atoms with E-state index < -0.39 is 28.4 Å². The standard InChI is InChI=1S/C28H24N4O5/c1-17-8-7-14-30-18(2)23(29-27(17)30)25(33)22-24(20-11-6-12-21(16-20)32(36)37)31(28(35)26(22)34)15-13-19-9-4-3-5-10-19/h3-12,14,16,24,33H,13,15H2,1-2H3/b25-22+. The normalized spacial score (nSPS) is 17.0. The summed E-state index contributed by atoms with van der Waals surface area (Å²) in [5, 5.41) is 23.0. The highest BCUT2D eigenvalue weighted by molar-refractivity contribution is 6.46. The van der Waals surface area contributed by atoms with Crippen molar-refractivity contribution >= 4 is 28.8 Å². The summed E-state index contributed by atoms with van der Waals surface area (Å²) in [6, 6.07) is 18.0. The molecule has 5 rings (SSSR count). The summed E-state index contributed by atoms with van der Waals surface area (Å²) in [5.74, 6) is -2.03. The van der Waals surface area contributed by atoms with Gasteiger partial charge in [-0.2, -0.15) is 0 Å². The van der Waals surface area contributed by atoms with Crippen LogP contribution in [0, 0.1) is 24.0 Å². The molecule has 0 aliphatic carbocycles. The van der Waals surface area contributed by atoms with E-state index in [1.165, 1.54) is 23.1 Å². The minimum atomic E-state index is -1.01. The number of nitro benzene ring substituents is 1. The molecule has 9 heteroatoms. The van der Waals surface area contributed by atoms with Gasteiger partial charge in [0.25, 0.3) is 17.4 Å². The number of nitrogens with zero attached hydrogens (tertiary/aromatic N) is 4. The van der Waals surface area contributed by atoms with Crippen LogP contribution >= 0.6 is 0 Å². The number of nitro groups is 1. The highest BCUT2D eigenvalue weighted by Gasteiger charge is 2.46. The third kappa shape index (κ3) is 4.14. The van der Waals surface area contributed by atoms with Crippen LogP contribution in [0.2, 0.25) is 0 Å². The average molecular weight is 497 g/mol. The number of aryl methyl sites for hydroxylation is 2. The van der Waals surface area contributed by atoms with Gasteiger partial charge in [-0.05, 0) is 43.0 Å². The van der Waals surface area contributed by atoms with Gasteiger partial charge in [0.1, 0.15) is 11.3 Å². The Labute approximate surface area is 212 Å². The number of fused-ring (bicyclic) bond motifs is 1. The molecule has 2 aromatic carbocycles. The quantitative estimate of drug-likeness (QED) is 0.138. The van der Waals surface area contributed by atoms with Crippen LogP contribution in [0.5, 0.6) is 0 Å². The van der Waals surface area contributed by atoms with Gasteiger partial charge in [0.05, 0.1) is 22.2 Å². The first kappa shape index (κ1) is 23.9. The Hall–Kier alpha value is -4.79. The number of likely N-dealkylation sites (tertiary alicyclic amines) is 1. The maximum Gasteiger partial charge on any atom is 0.295 e. The molecular formula is C28H24N4O5. The van der Waals surface area contributed by atoms with Crippen LogP contribution in [0.1, 0.15) is 34.1 Å². The largest absolute Gasteiger partial charge is 0.505 e. The number of non-ortho nitro benzene ring substituents is 1. The van der Waals surface area contributed by atoms with E-state index in [4.69, 9.17) is 0 Å². The second kappa shape index (κ2) is 9.34. The zero-order chi connectivity index (χ0) is 26.3. The van der Waals surface area contributed by atoms with E-state index in [1.54, 1.807) is 23.6 Å². The van der Waals surface area contributed by atoms with Crippen LogP contribution in [0.15, 0.2) is 78.5 Å². The van der Waals surface area contributed by atoms with Crippen molar-refractivity contribution in [1.29, 1.82) is 0 Å². The average Bonchev–Trinajstić information content (AvgIpc) is 3.37. The molecule has 4 aromatic rings. The van der Waals surface area contributed by atoms with Gasteiger partial charge in [-0.1, -0.05) is 48.5 Å². The van der Waals surface area contributed by atoms with Crippen molar-refractivity contribution in [3.63, 3.8) is 0 Å². The summed E-state index contributed by atoms with van der Waals surface area (Å²) < 4.78 is 1.80. The number of ketones is 1. The third-order valence-corrected chi connectivity index (χ3v) is 6.73. The maximum absolute atomic E-state index is 13.4. The number of carbonyl (C=O) groups is 2. The number of hydrogen-bond donors (Lipinski definition) is 1. The Morgan fingerprint density at radius 2 is 1.81 bits per heavy atom. The SMILES string of the molecule is Cc1cccn2c(C)c(/C(O)=C3\C(=O)C(=O)N(CCc4ccccc4)C3c3cccc([N+](=O)[O-])c3)nc12. The Kier molecular flexibility index (Phi) is 6.04. The topological polar surface area (TPSA) is 118 Å². The Morgan fingerprint density at radius 1 is 1.05 bits per heavy atom. The summed E-state index contributed by atoms with van der Waals surface area (Å²) in [7, 11) is 0. The summed E-state index contributed by atoms with van der Waals surface area (Å²) >= 11 is 0. The van der Waals surface area contributed by atoms with Crippen molar-refractivity contribution in [1.82, 2.24) is 14.3 Å². The van der Waals surface area contributed by atoms with Crippen molar-refractivity contribution in [2.45, 2.75) is 26.3 Å². The molecule has 1 saturated heterocycles. The number of benzene rings is 2. The lowest BCUT2D eigenvalue weighted by atomic mass is 9.95.